The summed E-state index contributed by atoms with van der Waals surface area (Å²) in [4.78, 5) is 0. The predicted octanol–water partition coefficient (Wildman–Crippen LogP) is 1.83. The van der Waals surface area contributed by atoms with E-state index in [0.29, 0.717) is 12.5 Å². The fourth-order valence-electron chi connectivity index (χ4n) is 2.08. The Hall–Kier alpha value is -1.39. The molecule has 3 N–H and O–H groups in total. The second-order valence-corrected chi connectivity index (χ2v) is 4.80. The van der Waals surface area contributed by atoms with Gasteiger partial charge in [-0.1, -0.05) is 12.1 Å². The number of nitrogens with two attached hydrogens (primary N) is 1. The first-order chi connectivity index (χ1) is 8.66. The highest BCUT2D eigenvalue weighted by Crippen LogP contribution is 2.15. The van der Waals surface area contributed by atoms with E-state index < -0.39 is 0 Å². The van der Waals surface area contributed by atoms with E-state index in [1.54, 1.807) is 0 Å². The molecule has 98 valence electrons. The number of rotatable bonds is 5. The van der Waals surface area contributed by atoms with Crippen LogP contribution in [0.1, 0.15) is 23.1 Å². The van der Waals surface area contributed by atoms with E-state index in [1.807, 2.05) is 25.1 Å². The molecule has 0 saturated carbocycles. The molecule has 1 fully saturated rings. The Labute approximate surface area is 108 Å². The molecular weight excluding hydrogens is 228 g/mol. The summed E-state index contributed by atoms with van der Waals surface area (Å²) in [5, 5.41) is 7.39. The van der Waals surface area contributed by atoms with E-state index >= 15 is 0 Å². The Morgan fingerprint density at radius 3 is 3.00 bits per heavy atom. The number of benzene rings is 1. The average Bonchev–Trinajstić information content (AvgIpc) is 2.84. The summed E-state index contributed by atoms with van der Waals surface area (Å²) >= 11 is 0. The summed E-state index contributed by atoms with van der Waals surface area (Å²) in [5.41, 5.74) is 8.49. The maximum absolute atomic E-state index is 7.39. The molecule has 1 heterocycles. The minimum absolute atomic E-state index is 0.105. The van der Waals surface area contributed by atoms with Gasteiger partial charge in [-0.2, -0.15) is 0 Å². The summed E-state index contributed by atoms with van der Waals surface area (Å²) in [6.07, 6.45) is 1.10. The number of nitrogen functional groups attached to an aromatic ring is 1. The summed E-state index contributed by atoms with van der Waals surface area (Å²) in [5.74, 6) is 0.649. The Bertz CT molecular complexity index is 426. The van der Waals surface area contributed by atoms with E-state index in [0.717, 1.165) is 42.9 Å². The Balaban J connectivity index is 1.87. The van der Waals surface area contributed by atoms with Crippen LogP contribution in [-0.2, 0) is 16.1 Å². The first kappa shape index (κ1) is 13.1. The third-order valence-corrected chi connectivity index (χ3v) is 3.29. The summed E-state index contributed by atoms with van der Waals surface area (Å²) in [7, 11) is 0. The van der Waals surface area contributed by atoms with Crippen LogP contribution in [0.2, 0.25) is 0 Å². The lowest BCUT2D eigenvalue weighted by atomic mass is 10.1. The molecule has 1 atom stereocenters. The summed E-state index contributed by atoms with van der Waals surface area (Å²) in [6, 6.07) is 5.78. The topological polar surface area (TPSA) is 68.3 Å². The van der Waals surface area contributed by atoms with Crippen molar-refractivity contribution in [2.75, 3.05) is 19.8 Å². The predicted molar refractivity (Wildman–Crippen MR) is 70.8 cm³/mol. The second-order valence-electron chi connectivity index (χ2n) is 4.80. The van der Waals surface area contributed by atoms with Gasteiger partial charge in [0.25, 0.3) is 0 Å². The van der Waals surface area contributed by atoms with Crippen molar-refractivity contribution in [3.63, 3.8) is 0 Å². The normalized spacial score (nSPS) is 19.1. The maximum atomic E-state index is 7.39. The van der Waals surface area contributed by atoms with Gasteiger partial charge in [-0.15, -0.1) is 0 Å². The van der Waals surface area contributed by atoms with Gasteiger partial charge in [-0.3, -0.25) is 5.41 Å². The SMILES string of the molecule is Cc1cc(C(=N)N)ccc1COCC1CCOC1. The van der Waals surface area contributed by atoms with Crippen molar-refractivity contribution in [3.8, 4) is 0 Å². The van der Waals surface area contributed by atoms with Crippen molar-refractivity contribution < 1.29 is 9.47 Å². The molecule has 1 unspecified atom stereocenters. The minimum atomic E-state index is 0.105. The van der Waals surface area contributed by atoms with E-state index in [4.69, 9.17) is 20.6 Å². The number of aryl methyl sites for hydroxylation is 1. The van der Waals surface area contributed by atoms with Crippen molar-refractivity contribution in [1.29, 1.82) is 5.41 Å². The van der Waals surface area contributed by atoms with Crippen LogP contribution >= 0.6 is 0 Å². The third-order valence-electron chi connectivity index (χ3n) is 3.29. The van der Waals surface area contributed by atoms with E-state index in [2.05, 4.69) is 0 Å². The molecular formula is C14H20N2O2. The van der Waals surface area contributed by atoms with Crippen molar-refractivity contribution in [3.05, 3.63) is 34.9 Å². The molecule has 0 spiro atoms. The number of hydrogen-bond acceptors (Lipinski definition) is 3. The minimum Gasteiger partial charge on any atom is -0.384 e. The van der Waals surface area contributed by atoms with Crippen LogP contribution in [-0.4, -0.2) is 25.7 Å². The van der Waals surface area contributed by atoms with Crippen LogP contribution in [0.15, 0.2) is 18.2 Å². The standard InChI is InChI=1S/C14H20N2O2/c1-10-6-12(14(15)16)2-3-13(10)9-18-8-11-4-5-17-7-11/h2-3,6,11H,4-5,7-9H2,1H3,(H3,15,16). The molecule has 1 aromatic carbocycles. The van der Waals surface area contributed by atoms with Crippen LogP contribution in [0, 0.1) is 18.3 Å². The highest BCUT2D eigenvalue weighted by atomic mass is 16.5. The fraction of sp³-hybridized carbons (Fsp3) is 0.500. The molecule has 1 saturated heterocycles. The number of nitrogens with one attached hydrogen (secondary N) is 1. The van der Waals surface area contributed by atoms with Gasteiger partial charge in [0.1, 0.15) is 5.84 Å². The molecule has 0 aromatic heterocycles. The Morgan fingerprint density at radius 1 is 1.56 bits per heavy atom. The molecule has 18 heavy (non-hydrogen) atoms. The molecule has 1 aromatic rings. The van der Waals surface area contributed by atoms with E-state index in [9.17, 15) is 0 Å². The zero-order valence-corrected chi connectivity index (χ0v) is 10.7. The summed E-state index contributed by atoms with van der Waals surface area (Å²) in [6.45, 7) is 5.07. The van der Waals surface area contributed by atoms with E-state index in [-0.39, 0.29) is 5.84 Å². The second kappa shape index (κ2) is 5.98. The average molecular weight is 248 g/mol. The van der Waals surface area contributed by atoms with Crippen molar-refractivity contribution in [1.82, 2.24) is 0 Å². The third kappa shape index (κ3) is 3.31. The molecule has 1 aliphatic rings. The highest BCUT2D eigenvalue weighted by Gasteiger charge is 2.15. The number of ether oxygens (including phenoxy) is 2. The number of hydrogen-bond donors (Lipinski definition) is 2. The van der Waals surface area contributed by atoms with Crippen molar-refractivity contribution in [2.45, 2.75) is 20.0 Å². The Kier molecular flexibility index (Phi) is 4.33. The van der Waals surface area contributed by atoms with Crippen molar-refractivity contribution >= 4 is 5.84 Å². The molecule has 2 rings (SSSR count). The molecule has 4 nitrogen and oxygen atoms in total. The quantitative estimate of drug-likeness (QED) is 0.617. The van der Waals surface area contributed by atoms with Crippen LogP contribution in [0.3, 0.4) is 0 Å². The molecule has 4 heteroatoms. The lowest BCUT2D eigenvalue weighted by molar-refractivity contribution is 0.0789. The van der Waals surface area contributed by atoms with E-state index in [1.165, 1.54) is 0 Å². The molecule has 0 radical (unpaired) electrons. The van der Waals surface area contributed by atoms with Crippen LogP contribution in [0.4, 0.5) is 0 Å². The highest BCUT2D eigenvalue weighted by molar-refractivity contribution is 5.95. The molecule has 0 amide bonds. The van der Waals surface area contributed by atoms with Gasteiger partial charge >= 0.3 is 0 Å². The first-order valence-electron chi connectivity index (χ1n) is 6.26. The van der Waals surface area contributed by atoms with Gasteiger partial charge in [0.2, 0.25) is 0 Å². The zero-order chi connectivity index (χ0) is 13.0. The van der Waals surface area contributed by atoms with Gasteiger partial charge < -0.3 is 15.2 Å². The fourth-order valence-corrected chi connectivity index (χ4v) is 2.08. The smallest absolute Gasteiger partial charge is 0.122 e. The number of amidine groups is 1. The van der Waals surface area contributed by atoms with Gasteiger partial charge in [0.15, 0.2) is 0 Å². The molecule has 0 bridgehead atoms. The lowest BCUT2D eigenvalue weighted by Crippen LogP contribution is -2.12. The summed E-state index contributed by atoms with van der Waals surface area (Å²) < 4.78 is 11.0. The van der Waals surface area contributed by atoms with Gasteiger partial charge in [0.05, 0.1) is 19.8 Å². The largest absolute Gasteiger partial charge is 0.384 e. The monoisotopic (exact) mass is 248 g/mol. The lowest BCUT2D eigenvalue weighted by Gasteiger charge is -2.11. The van der Waals surface area contributed by atoms with Gasteiger partial charge in [0, 0.05) is 18.1 Å². The van der Waals surface area contributed by atoms with Crippen LogP contribution in [0.25, 0.3) is 0 Å². The van der Waals surface area contributed by atoms with Gasteiger partial charge in [-0.05, 0) is 30.5 Å². The maximum Gasteiger partial charge on any atom is 0.122 e. The zero-order valence-electron chi connectivity index (χ0n) is 10.7. The van der Waals surface area contributed by atoms with Crippen LogP contribution in [0.5, 0.6) is 0 Å². The molecule has 0 aliphatic carbocycles. The van der Waals surface area contributed by atoms with Gasteiger partial charge in [-0.25, -0.2) is 0 Å². The molecule has 1 aliphatic heterocycles. The van der Waals surface area contributed by atoms with Crippen LogP contribution < -0.4 is 5.73 Å². The van der Waals surface area contributed by atoms with Crippen molar-refractivity contribution in [2.24, 2.45) is 11.7 Å². The first-order valence-corrected chi connectivity index (χ1v) is 6.26. The Morgan fingerprint density at radius 2 is 2.39 bits per heavy atom.